The number of rotatable bonds is 6. The molecular formula is C24H20F3N3O2S. The summed E-state index contributed by atoms with van der Waals surface area (Å²) in [5.41, 5.74) is 1.26. The molecule has 9 heteroatoms. The van der Waals surface area contributed by atoms with Crippen LogP contribution in [-0.4, -0.2) is 15.9 Å². The number of carbonyl (C=O) groups excluding carboxylic acids is 1. The fraction of sp³-hybridized carbons (Fsp3) is 0.208. The van der Waals surface area contributed by atoms with Gasteiger partial charge in [-0.15, -0.1) is 11.3 Å². The summed E-state index contributed by atoms with van der Waals surface area (Å²) < 4.78 is 44.7. The number of thiophene rings is 1. The monoisotopic (exact) mass is 471 g/mol. The molecule has 0 radical (unpaired) electrons. The van der Waals surface area contributed by atoms with Crippen molar-refractivity contribution in [3.63, 3.8) is 0 Å². The molecule has 0 aliphatic rings. The van der Waals surface area contributed by atoms with E-state index in [4.69, 9.17) is 4.74 Å². The zero-order chi connectivity index (χ0) is 23.6. The average Bonchev–Trinajstić information content (AvgIpc) is 3.14. The van der Waals surface area contributed by atoms with Crippen molar-refractivity contribution in [2.75, 3.05) is 0 Å². The molecule has 0 bridgehead atoms. The van der Waals surface area contributed by atoms with Gasteiger partial charge in [-0.3, -0.25) is 9.78 Å². The summed E-state index contributed by atoms with van der Waals surface area (Å²) in [5, 5.41) is 3.45. The molecule has 170 valence electrons. The third kappa shape index (κ3) is 5.14. The van der Waals surface area contributed by atoms with Gasteiger partial charge >= 0.3 is 6.18 Å². The van der Waals surface area contributed by atoms with Crippen LogP contribution in [0.1, 0.15) is 45.2 Å². The van der Waals surface area contributed by atoms with Gasteiger partial charge in [0, 0.05) is 11.6 Å². The van der Waals surface area contributed by atoms with Crippen LogP contribution in [0.5, 0.6) is 5.75 Å². The van der Waals surface area contributed by atoms with Gasteiger partial charge in [-0.2, -0.15) is 13.2 Å². The summed E-state index contributed by atoms with van der Waals surface area (Å²) in [5.74, 6) is 0.276. The molecule has 1 atom stereocenters. The molecule has 0 saturated heterocycles. The molecule has 3 aromatic heterocycles. The number of nitrogens with one attached hydrogen (secondary N) is 1. The predicted octanol–water partition coefficient (Wildman–Crippen LogP) is 6.09. The molecule has 0 aliphatic carbocycles. The molecule has 5 nitrogen and oxygen atoms in total. The van der Waals surface area contributed by atoms with E-state index in [2.05, 4.69) is 15.3 Å². The van der Waals surface area contributed by atoms with Gasteiger partial charge < -0.3 is 10.1 Å². The van der Waals surface area contributed by atoms with Crippen LogP contribution in [0.3, 0.4) is 0 Å². The highest BCUT2D eigenvalue weighted by atomic mass is 32.1. The normalized spacial score (nSPS) is 12.5. The van der Waals surface area contributed by atoms with Crippen molar-refractivity contribution in [3.8, 4) is 5.75 Å². The number of aromatic nitrogens is 2. The highest BCUT2D eigenvalue weighted by molar-refractivity contribution is 7.20. The van der Waals surface area contributed by atoms with Crippen molar-refractivity contribution in [1.82, 2.24) is 15.3 Å². The predicted molar refractivity (Wildman–Crippen MR) is 120 cm³/mol. The minimum absolute atomic E-state index is 0.185. The number of carbonyl (C=O) groups is 1. The van der Waals surface area contributed by atoms with Crippen LogP contribution in [0, 0.1) is 6.92 Å². The maximum atomic E-state index is 13.0. The average molecular weight is 472 g/mol. The molecule has 3 heterocycles. The highest BCUT2D eigenvalue weighted by Crippen LogP contribution is 2.34. The first kappa shape index (κ1) is 22.7. The standard InChI is InChI=1S/C24H20F3N3O2S/c1-14-19-9-10-20(24(25,26)27)30-23(19)33-21(14)22(31)29-15(2)16-6-5-8-18(12-16)32-13-17-7-3-4-11-28-17/h3-12,15H,13H2,1-2H3,(H,29,31). The molecule has 0 fully saturated rings. The van der Waals surface area contributed by atoms with Crippen LogP contribution < -0.4 is 10.1 Å². The lowest BCUT2D eigenvalue weighted by Gasteiger charge is -2.15. The van der Waals surface area contributed by atoms with E-state index in [1.165, 1.54) is 6.07 Å². The van der Waals surface area contributed by atoms with Crippen LogP contribution >= 0.6 is 11.3 Å². The largest absolute Gasteiger partial charge is 0.487 e. The van der Waals surface area contributed by atoms with Gasteiger partial charge in [0.05, 0.1) is 16.6 Å². The molecule has 33 heavy (non-hydrogen) atoms. The van der Waals surface area contributed by atoms with E-state index in [-0.39, 0.29) is 16.8 Å². The molecule has 4 aromatic rings. The molecular weight excluding hydrogens is 451 g/mol. The Morgan fingerprint density at radius 2 is 1.97 bits per heavy atom. The number of hydrogen-bond donors (Lipinski definition) is 1. The van der Waals surface area contributed by atoms with Crippen LogP contribution in [-0.2, 0) is 12.8 Å². The number of ether oxygens (including phenoxy) is 1. The maximum Gasteiger partial charge on any atom is 0.433 e. The zero-order valence-corrected chi connectivity index (χ0v) is 18.6. The number of fused-ring (bicyclic) bond motifs is 1. The van der Waals surface area contributed by atoms with Crippen molar-refractivity contribution in [2.45, 2.75) is 32.7 Å². The number of benzene rings is 1. The van der Waals surface area contributed by atoms with Crippen LogP contribution in [0.15, 0.2) is 60.8 Å². The SMILES string of the molecule is Cc1c(C(=O)NC(C)c2cccc(OCc3ccccn3)c2)sc2nc(C(F)(F)F)ccc12. The topological polar surface area (TPSA) is 64.1 Å². The Bertz CT molecular complexity index is 1290. The first-order valence-corrected chi connectivity index (χ1v) is 10.9. The van der Waals surface area contributed by atoms with Gasteiger partial charge in [-0.1, -0.05) is 18.2 Å². The second kappa shape index (κ2) is 9.19. The van der Waals surface area contributed by atoms with Gasteiger partial charge in [0.1, 0.15) is 22.9 Å². The fourth-order valence-electron chi connectivity index (χ4n) is 3.33. The Hall–Kier alpha value is -3.46. The van der Waals surface area contributed by atoms with Gasteiger partial charge in [0.25, 0.3) is 5.91 Å². The van der Waals surface area contributed by atoms with E-state index < -0.39 is 11.9 Å². The minimum atomic E-state index is -4.54. The Morgan fingerprint density at radius 1 is 1.15 bits per heavy atom. The molecule has 1 aromatic carbocycles. The summed E-state index contributed by atoms with van der Waals surface area (Å²) in [6.45, 7) is 3.86. The van der Waals surface area contributed by atoms with Crippen molar-refractivity contribution in [3.05, 3.63) is 88.2 Å². The van der Waals surface area contributed by atoms with Gasteiger partial charge in [0.15, 0.2) is 0 Å². The first-order valence-electron chi connectivity index (χ1n) is 10.1. The molecule has 0 spiro atoms. The second-order valence-electron chi connectivity index (χ2n) is 7.48. The van der Waals surface area contributed by atoms with Crippen LogP contribution in [0.25, 0.3) is 10.2 Å². The number of pyridine rings is 2. The Kier molecular flexibility index (Phi) is 6.33. The number of hydrogen-bond acceptors (Lipinski definition) is 5. The van der Waals surface area contributed by atoms with Crippen molar-refractivity contribution in [2.24, 2.45) is 0 Å². The number of halogens is 3. The van der Waals surface area contributed by atoms with Crippen molar-refractivity contribution >= 4 is 27.5 Å². The quantitative estimate of drug-likeness (QED) is 0.370. The molecule has 4 rings (SSSR count). The van der Waals surface area contributed by atoms with Crippen LogP contribution in [0.4, 0.5) is 13.2 Å². The maximum absolute atomic E-state index is 13.0. The van der Waals surface area contributed by atoms with E-state index in [1.54, 1.807) is 13.1 Å². The second-order valence-corrected chi connectivity index (χ2v) is 8.48. The Labute approximate surface area is 192 Å². The summed E-state index contributed by atoms with van der Waals surface area (Å²) in [6.07, 6.45) is -2.84. The highest BCUT2D eigenvalue weighted by Gasteiger charge is 2.33. The third-order valence-corrected chi connectivity index (χ3v) is 6.32. The van der Waals surface area contributed by atoms with Crippen LogP contribution in [0.2, 0.25) is 0 Å². The van der Waals surface area contributed by atoms with Gasteiger partial charge in [-0.05, 0) is 61.4 Å². The van der Waals surface area contributed by atoms with E-state index in [9.17, 15) is 18.0 Å². The number of amides is 1. The van der Waals surface area contributed by atoms with Crippen molar-refractivity contribution < 1.29 is 22.7 Å². The number of alkyl halides is 3. The fourth-order valence-corrected chi connectivity index (χ4v) is 4.42. The molecule has 1 amide bonds. The molecule has 0 saturated carbocycles. The Balaban J connectivity index is 1.48. The lowest BCUT2D eigenvalue weighted by molar-refractivity contribution is -0.140. The molecule has 1 N–H and O–H groups in total. The summed E-state index contributed by atoms with van der Waals surface area (Å²) in [4.78, 5) is 21.3. The zero-order valence-electron chi connectivity index (χ0n) is 17.8. The lowest BCUT2D eigenvalue weighted by atomic mass is 10.1. The van der Waals surface area contributed by atoms with E-state index in [1.807, 2.05) is 49.4 Å². The smallest absolute Gasteiger partial charge is 0.433 e. The van der Waals surface area contributed by atoms with Gasteiger partial charge in [0.2, 0.25) is 0 Å². The number of aryl methyl sites for hydroxylation is 1. The van der Waals surface area contributed by atoms with Gasteiger partial charge in [-0.25, -0.2) is 4.98 Å². The summed E-state index contributed by atoms with van der Waals surface area (Å²) in [6, 6.07) is 14.9. The Morgan fingerprint density at radius 3 is 2.70 bits per heavy atom. The van der Waals surface area contributed by atoms with E-state index in [0.717, 1.165) is 28.7 Å². The lowest BCUT2D eigenvalue weighted by Crippen LogP contribution is -2.26. The van der Waals surface area contributed by atoms with E-state index in [0.29, 0.717) is 28.2 Å². The van der Waals surface area contributed by atoms with E-state index >= 15 is 0 Å². The number of nitrogens with zero attached hydrogens (tertiary/aromatic N) is 2. The minimum Gasteiger partial charge on any atom is -0.487 e. The summed E-state index contributed by atoms with van der Waals surface area (Å²) >= 11 is 0.954. The summed E-state index contributed by atoms with van der Waals surface area (Å²) in [7, 11) is 0. The molecule has 0 aliphatic heterocycles. The van der Waals surface area contributed by atoms with Crippen molar-refractivity contribution in [1.29, 1.82) is 0 Å². The first-order chi connectivity index (χ1) is 15.7. The third-order valence-electron chi connectivity index (χ3n) is 5.12. The molecule has 1 unspecified atom stereocenters.